The number of halogens is 1. The first-order chi connectivity index (χ1) is 9.07. The summed E-state index contributed by atoms with van der Waals surface area (Å²) in [6, 6.07) is 9.51. The number of carbonyl (C=O) groups is 1. The number of hydrogen-bond acceptors (Lipinski definition) is 1. The number of hydrogen-bond donors (Lipinski definition) is 1. The molecule has 0 unspecified atom stereocenters. The molecule has 98 valence electrons. The van der Waals surface area contributed by atoms with Gasteiger partial charge in [-0.25, -0.2) is 4.79 Å². The molecule has 0 atom stereocenters. The summed E-state index contributed by atoms with van der Waals surface area (Å²) in [5, 5.41) is 9.55. The second-order valence-corrected chi connectivity index (χ2v) is 4.57. The van der Waals surface area contributed by atoms with Crippen LogP contribution in [0, 0.1) is 6.92 Å². The average Bonchev–Trinajstić information content (AvgIpc) is 2.63. The van der Waals surface area contributed by atoms with Crippen molar-refractivity contribution in [3.05, 3.63) is 59.3 Å². The number of nitrogens with zero attached hydrogens (tertiary/aromatic N) is 1. The molecule has 0 bridgehead atoms. The zero-order chi connectivity index (χ0) is 14.0. The van der Waals surface area contributed by atoms with Gasteiger partial charge in [-0.1, -0.05) is 48.0 Å². The van der Waals surface area contributed by atoms with Crippen LogP contribution in [-0.2, 0) is 6.54 Å². The molecule has 2 rings (SSSR count). The van der Waals surface area contributed by atoms with Crippen LogP contribution in [0.2, 0.25) is 5.02 Å². The first kappa shape index (κ1) is 13.4. The number of allylic oxidation sites excluding steroid dienone is 1. The number of benzene rings is 1. The van der Waals surface area contributed by atoms with Crippen molar-refractivity contribution in [2.45, 2.75) is 13.5 Å². The molecule has 0 aliphatic heterocycles. The van der Waals surface area contributed by atoms with Crippen LogP contribution in [0.5, 0.6) is 0 Å². The predicted octanol–water partition coefficient (Wildman–Crippen LogP) is 4.00. The van der Waals surface area contributed by atoms with Crippen LogP contribution in [0.25, 0.3) is 11.3 Å². The van der Waals surface area contributed by atoms with Crippen molar-refractivity contribution < 1.29 is 9.90 Å². The Morgan fingerprint density at radius 3 is 2.58 bits per heavy atom. The first-order valence-corrected chi connectivity index (χ1v) is 6.24. The molecule has 0 aliphatic carbocycles. The van der Waals surface area contributed by atoms with Gasteiger partial charge in [0.15, 0.2) is 0 Å². The first-order valence-electron chi connectivity index (χ1n) is 5.86. The molecule has 0 aliphatic rings. The van der Waals surface area contributed by atoms with Crippen molar-refractivity contribution in [1.29, 1.82) is 0 Å². The van der Waals surface area contributed by atoms with Crippen LogP contribution in [0.15, 0.2) is 43.0 Å². The van der Waals surface area contributed by atoms with Gasteiger partial charge in [-0.3, -0.25) is 0 Å². The molecule has 2 aromatic rings. The Kier molecular flexibility index (Phi) is 3.76. The Bertz CT molecular complexity index is 629. The van der Waals surface area contributed by atoms with E-state index in [1.807, 2.05) is 34.9 Å². The highest BCUT2D eigenvalue weighted by molar-refractivity contribution is 6.36. The van der Waals surface area contributed by atoms with Crippen molar-refractivity contribution in [2.24, 2.45) is 0 Å². The van der Waals surface area contributed by atoms with Crippen LogP contribution in [0.3, 0.4) is 0 Å². The fourth-order valence-corrected chi connectivity index (χ4v) is 2.61. The molecular formula is C15H14ClNO2. The monoisotopic (exact) mass is 275 g/mol. The van der Waals surface area contributed by atoms with E-state index in [-0.39, 0.29) is 10.6 Å². The molecule has 1 heterocycles. The third kappa shape index (κ3) is 2.29. The molecule has 1 N–H and O–H groups in total. The Labute approximate surface area is 116 Å². The van der Waals surface area contributed by atoms with Crippen molar-refractivity contribution in [3.63, 3.8) is 0 Å². The summed E-state index contributed by atoms with van der Waals surface area (Å²) < 4.78 is 1.87. The minimum Gasteiger partial charge on any atom is -0.478 e. The lowest BCUT2D eigenvalue weighted by molar-refractivity contribution is 0.0696. The molecule has 0 saturated heterocycles. The highest BCUT2D eigenvalue weighted by Gasteiger charge is 2.23. The number of aromatic carboxylic acids is 1. The van der Waals surface area contributed by atoms with Crippen LogP contribution in [-0.4, -0.2) is 15.6 Å². The lowest BCUT2D eigenvalue weighted by atomic mass is 10.1. The maximum absolute atomic E-state index is 11.3. The van der Waals surface area contributed by atoms with E-state index in [0.29, 0.717) is 12.2 Å². The van der Waals surface area contributed by atoms with Crippen molar-refractivity contribution >= 4 is 17.6 Å². The van der Waals surface area contributed by atoms with Crippen LogP contribution in [0.4, 0.5) is 0 Å². The molecule has 3 nitrogen and oxygen atoms in total. The van der Waals surface area contributed by atoms with Gasteiger partial charge in [-0.15, -0.1) is 6.58 Å². The maximum atomic E-state index is 11.3. The third-order valence-corrected chi connectivity index (χ3v) is 3.40. The summed E-state index contributed by atoms with van der Waals surface area (Å²) in [6.45, 7) is 5.98. The molecular weight excluding hydrogens is 262 g/mol. The van der Waals surface area contributed by atoms with Crippen LogP contribution in [0.1, 0.15) is 16.1 Å². The maximum Gasteiger partial charge on any atom is 0.339 e. The molecule has 0 fully saturated rings. The average molecular weight is 276 g/mol. The van der Waals surface area contributed by atoms with E-state index in [9.17, 15) is 9.90 Å². The third-order valence-electron chi connectivity index (χ3n) is 3.04. The molecule has 4 heteroatoms. The summed E-state index contributed by atoms with van der Waals surface area (Å²) in [4.78, 5) is 11.3. The van der Waals surface area contributed by atoms with E-state index < -0.39 is 5.97 Å². The molecule has 0 amide bonds. The van der Waals surface area contributed by atoms with Crippen molar-refractivity contribution in [2.75, 3.05) is 0 Å². The number of aromatic nitrogens is 1. The zero-order valence-electron chi connectivity index (χ0n) is 10.6. The zero-order valence-corrected chi connectivity index (χ0v) is 11.3. The minimum atomic E-state index is -1.01. The van der Waals surface area contributed by atoms with E-state index in [2.05, 4.69) is 6.58 Å². The predicted molar refractivity (Wildman–Crippen MR) is 76.8 cm³/mol. The smallest absolute Gasteiger partial charge is 0.339 e. The van der Waals surface area contributed by atoms with Crippen molar-refractivity contribution in [3.8, 4) is 11.3 Å². The Morgan fingerprint density at radius 2 is 2.05 bits per heavy atom. The number of rotatable bonds is 4. The standard InChI is InChI=1S/C15H14ClNO2/c1-3-9-17-10(2)12(15(18)19)13(16)14(17)11-7-5-4-6-8-11/h3-8H,1,9H2,2H3,(H,18,19). The van der Waals surface area contributed by atoms with Gasteiger partial charge in [0.1, 0.15) is 0 Å². The van der Waals surface area contributed by atoms with Crippen LogP contribution >= 0.6 is 11.6 Å². The second kappa shape index (κ2) is 5.33. The van der Waals surface area contributed by atoms with E-state index in [1.165, 1.54) is 0 Å². The van der Waals surface area contributed by atoms with Gasteiger partial charge in [0.2, 0.25) is 0 Å². The van der Waals surface area contributed by atoms with E-state index in [1.54, 1.807) is 13.0 Å². The van der Waals surface area contributed by atoms with E-state index in [4.69, 9.17) is 11.6 Å². The summed E-state index contributed by atoms with van der Waals surface area (Å²) >= 11 is 6.26. The van der Waals surface area contributed by atoms with Gasteiger partial charge >= 0.3 is 5.97 Å². The second-order valence-electron chi connectivity index (χ2n) is 4.19. The van der Waals surface area contributed by atoms with E-state index in [0.717, 1.165) is 11.3 Å². The fourth-order valence-electron chi connectivity index (χ4n) is 2.18. The van der Waals surface area contributed by atoms with Gasteiger partial charge in [0.25, 0.3) is 0 Å². The van der Waals surface area contributed by atoms with Crippen LogP contribution < -0.4 is 0 Å². The highest BCUT2D eigenvalue weighted by Crippen LogP contribution is 2.35. The molecule has 0 saturated carbocycles. The fraction of sp³-hybridized carbons (Fsp3) is 0.133. The quantitative estimate of drug-likeness (QED) is 0.857. The highest BCUT2D eigenvalue weighted by atomic mass is 35.5. The Balaban J connectivity index is 2.75. The lowest BCUT2D eigenvalue weighted by Gasteiger charge is -2.09. The topological polar surface area (TPSA) is 42.2 Å². The number of carboxylic acids is 1. The van der Waals surface area contributed by atoms with E-state index >= 15 is 0 Å². The van der Waals surface area contributed by atoms with Crippen molar-refractivity contribution in [1.82, 2.24) is 4.57 Å². The lowest BCUT2D eigenvalue weighted by Crippen LogP contribution is -2.03. The summed E-state index contributed by atoms with van der Waals surface area (Å²) in [5.74, 6) is -1.01. The summed E-state index contributed by atoms with van der Waals surface area (Å²) in [5.41, 5.74) is 2.40. The normalized spacial score (nSPS) is 10.4. The Morgan fingerprint density at radius 1 is 1.42 bits per heavy atom. The van der Waals surface area contributed by atoms with Gasteiger partial charge in [0, 0.05) is 12.2 Å². The van der Waals surface area contributed by atoms with Gasteiger partial charge in [0.05, 0.1) is 16.3 Å². The summed E-state index contributed by atoms with van der Waals surface area (Å²) in [6.07, 6.45) is 1.72. The molecule has 1 aromatic carbocycles. The summed E-state index contributed by atoms with van der Waals surface area (Å²) in [7, 11) is 0. The number of carboxylic acid groups (broad SMARTS) is 1. The van der Waals surface area contributed by atoms with Gasteiger partial charge < -0.3 is 9.67 Å². The molecule has 1 aromatic heterocycles. The largest absolute Gasteiger partial charge is 0.478 e. The minimum absolute atomic E-state index is 0.155. The SMILES string of the molecule is C=CCn1c(C)c(C(=O)O)c(Cl)c1-c1ccccc1. The molecule has 0 spiro atoms. The van der Waals surface area contributed by atoms with Gasteiger partial charge in [-0.05, 0) is 12.5 Å². The Hall–Kier alpha value is -2.00. The molecule has 19 heavy (non-hydrogen) atoms. The van der Waals surface area contributed by atoms with Gasteiger partial charge in [-0.2, -0.15) is 0 Å². The molecule has 0 radical (unpaired) electrons.